The van der Waals surface area contributed by atoms with E-state index in [0.29, 0.717) is 16.9 Å². The molecule has 1 fully saturated rings. The summed E-state index contributed by atoms with van der Waals surface area (Å²) in [5, 5.41) is 13.8. The van der Waals surface area contributed by atoms with Crippen molar-refractivity contribution in [3.63, 3.8) is 0 Å². The summed E-state index contributed by atoms with van der Waals surface area (Å²) in [5.41, 5.74) is 1.79. The second kappa shape index (κ2) is 8.87. The summed E-state index contributed by atoms with van der Waals surface area (Å²) in [6, 6.07) is 9.28. The summed E-state index contributed by atoms with van der Waals surface area (Å²) in [7, 11) is 1.57. The minimum Gasteiger partial charge on any atom is -0.496 e. The first kappa shape index (κ1) is 19.8. The average Bonchev–Trinajstić information content (AvgIpc) is 3.48. The van der Waals surface area contributed by atoms with Crippen molar-refractivity contribution in [1.29, 1.82) is 0 Å². The number of nitrogens with zero attached hydrogens (tertiary/aromatic N) is 3. The average molecular weight is 425 g/mol. The van der Waals surface area contributed by atoms with E-state index < -0.39 is 0 Å². The molecule has 2 aromatic heterocycles. The third-order valence-corrected chi connectivity index (χ3v) is 5.11. The molecule has 0 saturated heterocycles. The number of aromatic nitrogens is 3. The third-order valence-electron chi connectivity index (χ3n) is 4.36. The van der Waals surface area contributed by atoms with Gasteiger partial charge >= 0.3 is 0 Å². The molecular weight excluding hydrogens is 406 g/mol. The normalized spacial score (nSPS) is 12.8. The summed E-state index contributed by atoms with van der Waals surface area (Å²) in [4.78, 5) is 28.7. The summed E-state index contributed by atoms with van der Waals surface area (Å²) in [6.07, 6.45) is 5.17. The van der Waals surface area contributed by atoms with Gasteiger partial charge in [-0.15, -0.1) is 5.10 Å². The lowest BCUT2D eigenvalue weighted by Gasteiger charge is -2.11. The zero-order valence-electron chi connectivity index (χ0n) is 16.1. The van der Waals surface area contributed by atoms with E-state index in [9.17, 15) is 9.59 Å². The van der Waals surface area contributed by atoms with Crippen molar-refractivity contribution in [2.75, 3.05) is 19.0 Å². The quantitative estimate of drug-likeness (QED) is 0.570. The molecule has 2 N–H and O–H groups in total. The molecule has 0 spiro atoms. The van der Waals surface area contributed by atoms with E-state index in [1.54, 1.807) is 25.6 Å². The maximum Gasteiger partial charge on any atom is 0.296 e. The maximum atomic E-state index is 12.9. The van der Waals surface area contributed by atoms with Crippen LogP contribution in [0, 0.1) is 0 Å². The van der Waals surface area contributed by atoms with E-state index in [1.807, 2.05) is 24.3 Å². The van der Waals surface area contributed by atoms with Crippen molar-refractivity contribution in [2.24, 2.45) is 0 Å². The van der Waals surface area contributed by atoms with Crippen molar-refractivity contribution in [3.8, 4) is 22.1 Å². The SMILES string of the molecule is COc1ccccc1-c1cnccc1C(=O)Nc1nnc(OCC(=O)NC2CC2)s1. The van der Waals surface area contributed by atoms with Gasteiger partial charge in [-0.1, -0.05) is 23.3 Å². The zero-order chi connectivity index (χ0) is 20.9. The first-order valence-electron chi connectivity index (χ1n) is 9.28. The monoisotopic (exact) mass is 425 g/mol. The summed E-state index contributed by atoms with van der Waals surface area (Å²) in [6.45, 7) is -0.138. The molecule has 154 valence electrons. The molecule has 0 bridgehead atoms. The van der Waals surface area contributed by atoms with Crippen molar-refractivity contribution in [3.05, 3.63) is 48.3 Å². The molecule has 1 saturated carbocycles. The second-order valence-corrected chi connectivity index (χ2v) is 7.52. The minimum atomic E-state index is -0.368. The van der Waals surface area contributed by atoms with Crippen molar-refractivity contribution >= 4 is 28.3 Å². The van der Waals surface area contributed by atoms with Gasteiger partial charge in [-0.3, -0.25) is 19.9 Å². The fourth-order valence-corrected chi connectivity index (χ4v) is 3.37. The number of pyridine rings is 1. The van der Waals surface area contributed by atoms with Gasteiger partial charge in [-0.25, -0.2) is 0 Å². The lowest BCUT2D eigenvalue weighted by atomic mass is 10.0. The molecule has 4 rings (SSSR count). The van der Waals surface area contributed by atoms with E-state index in [0.717, 1.165) is 29.7 Å². The molecule has 0 radical (unpaired) electrons. The topological polar surface area (TPSA) is 115 Å². The zero-order valence-corrected chi connectivity index (χ0v) is 16.9. The molecule has 1 aliphatic rings. The summed E-state index contributed by atoms with van der Waals surface area (Å²) in [5.74, 6) is 0.0691. The third kappa shape index (κ3) is 4.71. The number of para-hydroxylation sites is 1. The van der Waals surface area contributed by atoms with Crippen LogP contribution < -0.4 is 20.1 Å². The summed E-state index contributed by atoms with van der Waals surface area (Å²) < 4.78 is 10.7. The molecule has 9 nitrogen and oxygen atoms in total. The Balaban J connectivity index is 1.45. The Bertz CT molecular complexity index is 1070. The van der Waals surface area contributed by atoms with Crippen molar-refractivity contribution < 1.29 is 19.1 Å². The highest BCUT2D eigenvalue weighted by Gasteiger charge is 2.23. The van der Waals surface area contributed by atoms with Crippen LogP contribution in [0.2, 0.25) is 0 Å². The highest BCUT2D eigenvalue weighted by molar-refractivity contribution is 7.17. The van der Waals surface area contributed by atoms with E-state index in [2.05, 4.69) is 25.8 Å². The van der Waals surface area contributed by atoms with Crippen LogP contribution in [-0.2, 0) is 4.79 Å². The van der Waals surface area contributed by atoms with Crippen LogP contribution >= 0.6 is 11.3 Å². The molecule has 0 aliphatic heterocycles. The highest BCUT2D eigenvalue weighted by atomic mass is 32.1. The Morgan fingerprint density at radius 1 is 1.17 bits per heavy atom. The lowest BCUT2D eigenvalue weighted by molar-refractivity contribution is -0.123. The molecule has 0 atom stereocenters. The van der Waals surface area contributed by atoms with Gasteiger partial charge in [-0.2, -0.15) is 0 Å². The highest BCUT2D eigenvalue weighted by Crippen LogP contribution is 2.32. The number of hydrogen-bond donors (Lipinski definition) is 2. The number of anilines is 1. The van der Waals surface area contributed by atoms with Gasteiger partial charge in [-0.05, 0) is 36.3 Å². The van der Waals surface area contributed by atoms with Gasteiger partial charge in [0.25, 0.3) is 17.0 Å². The summed E-state index contributed by atoms with van der Waals surface area (Å²) >= 11 is 1.04. The Hall–Kier alpha value is -3.53. The molecule has 1 aromatic carbocycles. The Morgan fingerprint density at radius 3 is 2.80 bits per heavy atom. The standard InChI is InChI=1S/C20H19N5O4S/c1-28-16-5-3-2-4-13(16)15-10-21-9-8-14(15)18(27)23-19-24-25-20(30-19)29-11-17(26)22-12-6-7-12/h2-5,8-10,12H,6-7,11H2,1H3,(H,22,26)(H,23,24,27). The van der Waals surface area contributed by atoms with Crippen LogP contribution in [0.4, 0.5) is 5.13 Å². The Kier molecular flexibility index (Phi) is 5.84. The van der Waals surface area contributed by atoms with Gasteiger partial charge in [0.1, 0.15) is 5.75 Å². The number of carbonyl (C=O) groups excluding carboxylic acids is 2. The first-order chi connectivity index (χ1) is 14.6. The first-order valence-corrected chi connectivity index (χ1v) is 10.1. The van der Waals surface area contributed by atoms with Gasteiger partial charge < -0.3 is 14.8 Å². The number of carbonyl (C=O) groups is 2. The van der Waals surface area contributed by atoms with Gasteiger partial charge in [0, 0.05) is 29.6 Å². The number of rotatable bonds is 8. The van der Waals surface area contributed by atoms with Crippen LogP contribution in [0.3, 0.4) is 0 Å². The number of benzene rings is 1. The number of ether oxygens (including phenoxy) is 2. The van der Waals surface area contributed by atoms with Crippen LogP contribution in [0.15, 0.2) is 42.7 Å². The predicted octanol–water partition coefficient (Wildman–Crippen LogP) is 2.52. The molecule has 3 aromatic rings. The molecule has 10 heteroatoms. The van der Waals surface area contributed by atoms with Crippen LogP contribution in [0.1, 0.15) is 23.2 Å². The van der Waals surface area contributed by atoms with Gasteiger partial charge in [0.15, 0.2) is 6.61 Å². The molecular formula is C20H19N5O4S. The van der Waals surface area contributed by atoms with E-state index in [1.165, 1.54) is 0 Å². The van der Waals surface area contributed by atoms with E-state index in [4.69, 9.17) is 9.47 Å². The number of hydrogen-bond acceptors (Lipinski definition) is 8. The molecule has 30 heavy (non-hydrogen) atoms. The molecule has 0 unspecified atom stereocenters. The van der Waals surface area contributed by atoms with Crippen LogP contribution in [0.25, 0.3) is 11.1 Å². The smallest absolute Gasteiger partial charge is 0.296 e. The lowest BCUT2D eigenvalue weighted by Crippen LogP contribution is -2.30. The fraction of sp³-hybridized carbons (Fsp3) is 0.250. The Morgan fingerprint density at radius 2 is 2.00 bits per heavy atom. The minimum absolute atomic E-state index is 0.138. The van der Waals surface area contributed by atoms with Gasteiger partial charge in [0.05, 0.1) is 12.7 Å². The number of methoxy groups -OCH3 is 1. The largest absolute Gasteiger partial charge is 0.496 e. The fourth-order valence-electron chi connectivity index (χ4n) is 2.78. The predicted molar refractivity (Wildman–Crippen MR) is 111 cm³/mol. The Labute approximate surface area is 176 Å². The number of nitrogens with one attached hydrogen (secondary N) is 2. The van der Waals surface area contributed by atoms with Crippen LogP contribution in [0.5, 0.6) is 10.9 Å². The maximum absolute atomic E-state index is 12.9. The second-order valence-electron chi connectivity index (χ2n) is 6.58. The van der Waals surface area contributed by atoms with Crippen LogP contribution in [-0.4, -0.2) is 46.8 Å². The van der Waals surface area contributed by atoms with Crippen molar-refractivity contribution in [2.45, 2.75) is 18.9 Å². The number of amides is 2. The molecule has 2 amide bonds. The van der Waals surface area contributed by atoms with E-state index in [-0.39, 0.29) is 34.8 Å². The van der Waals surface area contributed by atoms with Crippen molar-refractivity contribution in [1.82, 2.24) is 20.5 Å². The molecule has 1 aliphatic carbocycles. The van der Waals surface area contributed by atoms with E-state index >= 15 is 0 Å². The van der Waals surface area contributed by atoms with Gasteiger partial charge in [0.2, 0.25) is 5.13 Å². The molecule has 2 heterocycles.